The Kier molecular flexibility index (Phi) is 7.14. The molecule has 2 aliphatic rings. The maximum Gasteiger partial charge on any atom is 0.414 e. The van der Waals surface area contributed by atoms with Crippen molar-refractivity contribution in [2.24, 2.45) is 4.99 Å². The molecule has 1 aromatic heterocycles. The second-order valence-corrected chi connectivity index (χ2v) is 12.0. The number of ether oxygens (including phenoxy) is 2. The number of aliphatic imine (C=N–C) groups is 1. The van der Waals surface area contributed by atoms with E-state index in [-0.39, 0.29) is 42.5 Å². The van der Waals surface area contributed by atoms with E-state index >= 15 is 4.39 Å². The van der Waals surface area contributed by atoms with Crippen LogP contribution < -0.4 is 10.6 Å². The number of rotatable bonds is 3. The number of halogens is 2. The van der Waals surface area contributed by atoms with Gasteiger partial charge in [0, 0.05) is 24.9 Å². The van der Waals surface area contributed by atoms with Crippen molar-refractivity contribution < 1.29 is 36.3 Å². The van der Waals surface area contributed by atoms with Crippen LogP contribution in [0.3, 0.4) is 0 Å². The molecule has 2 N–H and O–H groups in total. The Morgan fingerprint density at radius 3 is 2.58 bits per heavy atom. The number of carbonyl (C=O) groups excluding carboxylic acids is 2. The number of hydrogen-bond donors (Lipinski definition) is 2. The third-order valence-corrected chi connectivity index (χ3v) is 8.27. The van der Waals surface area contributed by atoms with Gasteiger partial charge in [-0.05, 0) is 57.5 Å². The Morgan fingerprint density at radius 1 is 1.18 bits per heavy atom. The summed E-state index contributed by atoms with van der Waals surface area (Å²) in [7, 11) is -2.92. The number of amides is 2. The van der Waals surface area contributed by atoms with Gasteiger partial charge >= 0.3 is 6.09 Å². The first-order valence-corrected chi connectivity index (χ1v) is 13.1. The van der Waals surface area contributed by atoms with Crippen LogP contribution in [0.1, 0.15) is 43.2 Å². The molecular formula is C24H27F2N5O6S. The molecule has 0 saturated carbocycles. The minimum absolute atomic E-state index is 0.00537. The summed E-state index contributed by atoms with van der Waals surface area (Å²) in [5.74, 6) is -2.47. The fourth-order valence-corrected chi connectivity index (χ4v) is 6.12. The zero-order valence-electron chi connectivity index (χ0n) is 21.1. The summed E-state index contributed by atoms with van der Waals surface area (Å²) in [6.45, 7) is 4.70. The number of benzene rings is 1. The largest absolute Gasteiger partial charge is 0.444 e. The molecule has 3 heterocycles. The van der Waals surface area contributed by atoms with Gasteiger partial charge < -0.3 is 14.8 Å². The molecule has 1 aromatic carbocycles. The first kappa shape index (κ1) is 27.4. The van der Waals surface area contributed by atoms with E-state index in [0.29, 0.717) is 0 Å². The molecule has 4 rings (SSSR count). The molecule has 204 valence electrons. The van der Waals surface area contributed by atoms with Crippen LogP contribution in [0, 0.1) is 11.6 Å². The molecule has 2 amide bonds. The molecule has 14 heteroatoms. The molecule has 38 heavy (non-hydrogen) atoms. The number of nitrogens with one attached hydrogen (secondary N) is 2. The van der Waals surface area contributed by atoms with E-state index in [1.807, 2.05) is 0 Å². The van der Waals surface area contributed by atoms with E-state index in [1.165, 1.54) is 25.2 Å². The second-order valence-electron chi connectivity index (χ2n) is 9.84. The van der Waals surface area contributed by atoms with Crippen LogP contribution >= 0.6 is 0 Å². The third-order valence-electron chi connectivity index (χ3n) is 5.99. The number of guanidine groups is 1. The average Bonchev–Trinajstić information content (AvgIpc) is 2.83. The highest BCUT2D eigenvalue weighted by atomic mass is 32.2. The topological polar surface area (TPSA) is 139 Å². The van der Waals surface area contributed by atoms with Gasteiger partial charge in [0.05, 0.1) is 12.8 Å². The first-order chi connectivity index (χ1) is 17.7. The summed E-state index contributed by atoms with van der Waals surface area (Å²) < 4.78 is 67.3. The summed E-state index contributed by atoms with van der Waals surface area (Å²) >= 11 is 0. The smallest absolute Gasteiger partial charge is 0.414 e. The van der Waals surface area contributed by atoms with Crippen LogP contribution in [0.5, 0.6) is 0 Å². The number of fused-ring (bicyclic) bond motifs is 1. The van der Waals surface area contributed by atoms with Crippen LogP contribution in [0.4, 0.5) is 19.3 Å². The second kappa shape index (κ2) is 9.91. The SMILES string of the molecule is CN1C(NC(=O)OC(C)(C)C)=NC2(c3cc(NC(=O)c4ccc(F)cn4)ccc3F)COCCC2S1(=O)=O. The van der Waals surface area contributed by atoms with Crippen LogP contribution in [0.2, 0.25) is 0 Å². The number of carbonyl (C=O) groups is 2. The van der Waals surface area contributed by atoms with E-state index in [4.69, 9.17) is 9.47 Å². The fraction of sp³-hybridized carbons (Fsp3) is 0.417. The maximum absolute atomic E-state index is 15.4. The molecular weight excluding hydrogens is 524 g/mol. The lowest BCUT2D eigenvalue weighted by atomic mass is 9.84. The zero-order valence-corrected chi connectivity index (χ0v) is 21.9. The highest BCUT2D eigenvalue weighted by Gasteiger charge is 2.56. The van der Waals surface area contributed by atoms with Gasteiger partial charge in [0.25, 0.3) is 5.91 Å². The van der Waals surface area contributed by atoms with Crippen LogP contribution in [-0.4, -0.2) is 66.8 Å². The van der Waals surface area contributed by atoms with Gasteiger partial charge in [-0.25, -0.2) is 36.3 Å². The van der Waals surface area contributed by atoms with E-state index in [9.17, 15) is 22.4 Å². The first-order valence-electron chi connectivity index (χ1n) is 11.6. The normalized spacial score (nSPS) is 22.6. The van der Waals surface area contributed by atoms with Gasteiger partial charge in [0.2, 0.25) is 16.0 Å². The van der Waals surface area contributed by atoms with E-state index in [1.54, 1.807) is 20.8 Å². The molecule has 0 radical (unpaired) electrons. The highest BCUT2D eigenvalue weighted by Crippen LogP contribution is 2.44. The fourth-order valence-electron chi connectivity index (χ4n) is 4.27. The van der Waals surface area contributed by atoms with Crippen molar-refractivity contribution in [3.63, 3.8) is 0 Å². The zero-order chi connectivity index (χ0) is 27.9. The molecule has 1 saturated heterocycles. The van der Waals surface area contributed by atoms with Gasteiger partial charge in [-0.1, -0.05) is 0 Å². The minimum atomic E-state index is -4.15. The molecule has 1 fully saturated rings. The predicted octanol–water partition coefficient (Wildman–Crippen LogP) is 2.75. The van der Waals surface area contributed by atoms with Gasteiger partial charge in [0.15, 0.2) is 0 Å². The average molecular weight is 552 g/mol. The number of alkyl carbamates (subject to hydrolysis) is 1. The Balaban J connectivity index is 1.77. The lowest BCUT2D eigenvalue weighted by molar-refractivity contribution is 0.0352. The van der Waals surface area contributed by atoms with Gasteiger partial charge in [-0.3, -0.25) is 10.1 Å². The number of hydrogen-bond acceptors (Lipinski definition) is 8. The number of nitrogens with zero attached hydrogens (tertiary/aromatic N) is 3. The number of pyridine rings is 1. The van der Waals surface area contributed by atoms with Crippen molar-refractivity contribution in [1.82, 2.24) is 14.6 Å². The third kappa shape index (κ3) is 5.31. The summed E-state index contributed by atoms with van der Waals surface area (Å²) in [4.78, 5) is 33.3. The monoisotopic (exact) mass is 551 g/mol. The van der Waals surface area contributed by atoms with Gasteiger partial charge in [0.1, 0.15) is 33.7 Å². The number of anilines is 1. The Hall–Kier alpha value is -3.65. The lowest BCUT2D eigenvalue weighted by Gasteiger charge is -2.46. The summed E-state index contributed by atoms with van der Waals surface area (Å²) in [5, 5.41) is 3.67. The Labute approximate surface area is 218 Å². The standard InChI is InChI=1S/C24H27F2N5O6S/c1-23(2,3)37-22(33)29-21-30-24(13-36-10-9-19(24)38(34,35)31(21)4)16-11-15(6-7-17(16)26)28-20(32)18-8-5-14(25)12-27-18/h5-8,11-12,19H,9-10,13H2,1-4H3,(H,28,32)(H,29,30,33). The number of sulfonamides is 1. The van der Waals surface area contributed by atoms with Gasteiger partial charge in [-0.2, -0.15) is 0 Å². The van der Waals surface area contributed by atoms with Crippen LogP contribution in [-0.2, 0) is 25.0 Å². The number of aromatic nitrogens is 1. The van der Waals surface area contributed by atoms with Crippen molar-refractivity contribution in [3.8, 4) is 0 Å². The lowest BCUT2D eigenvalue weighted by Crippen LogP contribution is -2.62. The highest BCUT2D eigenvalue weighted by molar-refractivity contribution is 7.90. The van der Waals surface area contributed by atoms with Crippen molar-refractivity contribution >= 4 is 33.7 Å². The molecule has 2 aliphatic heterocycles. The summed E-state index contributed by atoms with van der Waals surface area (Å²) in [5.41, 5.74) is -2.79. The molecule has 2 aromatic rings. The predicted molar refractivity (Wildman–Crippen MR) is 133 cm³/mol. The van der Waals surface area contributed by atoms with E-state index < -0.39 is 50.0 Å². The van der Waals surface area contributed by atoms with Crippen molar-refractivity contribution in [2.75, 3.05) is 25.6 Å². The van der Waals surface area contributed by atoms with Crippen molar-refractivity contribution in [1.29, 1.82) is 0 Å². The van der Waals surface area contributed by atoms with Crippen LogP contribution in [0.25, 0.3) is 0 Å². The maximum atomic E-state index is 15.4. The molecule has 2 atom stereocenters. The molecule has 0 aliphatic carbocycles. The summed E-state index contributed by atoms with van der Waals surface area (Å²) in [6.07, 6.45) is -0.0617. The molecule has 0 spiro atoms. The molecule has 2 unspecified atom stereocenters. The Morgan fingerprint density at radius 2 is 1.92 bits per heavy atom. The Bertz CT molecular complexity index is 1390. The van der Waals surface area contributed by atoms with Crippen molar-refractivity contribution in [2.45, 2.75) is 43.6 Å². The minimum Gasteiger partial charge on any atom is -0.444 e. The van der Waals surface area contributed by atoms with Crippen molar-refractivity contribution in [3.05, 3.63) is 59.4 Å². The summed E-state index contributed by atoms with van der Waals surface area (Å²) in [6, 6.07) is 5.85. The van der Waals surface area contributed by atoms with Crippen LogP contribution in [0.15, 0.2) is 41.5 Å². The van der Waals surface area contributed by atoms with E-state index in [0.717, 1.165) is 22.6 Å². The van der Waals surface area contributed by atoms with Gasteiger partial charge in [-0.15, -0.1) is 0 Å². The molecule has 11 nitrogen and oxygen atoms in total. The quantitative estimate of drug-likeness (QED) is 0.598. The molecule has 0 bridgehead atoms. The van der Waals surface area contributed by atoms with E-state index in [2.05, 4.69) is 20.6 Å².